The van der Waals surface area contributed by atoms with E-state index >= 15 is 0 Å². The van der Waals surface area contributed by atoms with Gasteiger partial charge in [0.25, 0.3) is 5.69 Å². The summed E-state index contributed by atoms with van der Waals surface area (Å²) in [6.45, 7) is 6.09. The highest BCUT2D eigenvalue weighted by molar-refractivity contribution is 14.0. The number of nitrogens with one attached hydrogen (secondary N) is 1. The number of guanidine groups is 1. The second-order valence-corrected chi connectivity index (χ2v) is 6.18. The number of nitro groups is 1. The normalized spacial score (nSPS) is 17.8. The van der Waals surface area contributed by atoms with Crippen molar-refractivity contribution in [3.63, 3.8) is 0 Å². The van der Waals surface area contributed by atoms with Crippen LogP contribution in [0, 0.1) is 16.0 Å². The molecular formula is C17H27IN4O3. The molecule has 0 aliphatic carbocycles. The van der Waals surface area contributed by atoms with Crippen LogP contribution >= 0.6 is 24.0 Å². The average molecular weight is 462 g/mol. The standard InChI is InChI=1S/C17H26N4O3.HI/c1-14-4-3-10-20(13-14)17(18-9-11-24-2)19-12-15-5-7-16(8-6-15)21(22)23;/h5-8,14H,3-4,9-13H2,1-2H3,(H,18,19);1H. The van der Waals surface area contributed by atoms with Gasteiger partial charge in [-0.2, -0.15) is 0 Å². The van der Waals surface area contributed by atoms with Crippen LogP contribution in [0.2, 0.25) is 0 Å². The van der Waals surface area contributed by atoms with Gasteiger partial charge in [-0.25, -0.2) is 4.99 Å². The quantitative estimate of drug-likeness (QED) is 0.176. The number of hydrogen-bond acceptors (Lipinski definition) is 4. The maximum atomic E-state index is 10.7. The Balaban J connectivity index is 0.00000312. The molecule has 1 aliphatic heterocycles. The molecule has 1 aromatic rings. The number of nitro benzene ring substituents is 1. The number of halogens is 1. The van der Waals surface area contributed by atoms with E-state index in [1.807, 2.05) is 0 Å². The van der Waals surface area contributed by atoms with Crippen molar-refractivity contribution in [1.82, 2.24) is 10.2 Å². The summed E-state index contributed by atoms with van der Waals surface area (Å²) in [5.41, 5.74) is 1.06. The Morgan fingerprint density at radius 3 is 2.76 bits per heavy atom. The van der Waals surface area contributed by atoms with Gasteiger partial charge in [-0.15, -0.1) is 24.0 Å². The molecule has 0 spiro atoms. The molecule has 25 heavy (non-hydrogen) atoms. The highest BCUT2D eigenvalue weighted by atomic mass is 127. The first-order chi connectivity index (χ1) is 11.6. The van der Waals surface area contributed by atoms with Crippen molar-refractivity contribution in [2.75, 3.05) is 33.4 Å². The average Bonchev–Trinajstić information content (AvgIpc) is 2.58. The molecule has 1 saturated heterocycles. The lowest BCUT2D eigenvalue weighted by Gasteiger charge is -2.33. The van der Waals surface area contributed by atoms with E-state index in [9.17, 15) is 10.1 Å². The molecule has 0 bridgehead atoms. The first-order valence-corrected chi connectivity index (χ1v) is 8.35. The van der Waals surface area contributed by atoms with Crippen LogP contribution in [0.1, 0.15) is 25.3 Å². The minimum atomic E-state index is -0.389. The first-order valence-electron chi connectivity index (χ1n) is 8.35. The fourth-order valence-corrected chi connectivity index (χ4v) is 2.80. The van der Waals surface area contributed by atoms with Crippen molar-refractivity contribution in [3.05, 3.63) is 39.9 Å². The number of piperidine rings is 1. The molecule has 0 amide bonds. The lowest BCUT2D eigenvalue weighted by Crippen LogP contribution is -2.47. The van der Waals surface area contributed by atoms with Crippen LogP contribution in [0.5, 0.6) is 0 Å². The zero-order valence-corrected chi connectivity index (χ0v) is 17.1. The molecule has 1 fully saturated rings. The maximum Gasteiger partial charge on any atom is 0.269 e. The number of aliphatic imine (C=N–C) groups is 1. The Hall–Kier alpha value is -1.42. The Morgan fingerprint density at radius 2 is 2.16 bits per heavy atom. The summed E-state index contributed by atoms with van der Waals surface area (Å²) in [4.78, 5) is 17.3. The third-order valence-corrected chi connectivity index (χ3v) is 4.10. The van der Waals surface area contributed by atoms with E-state index in [4.69, 9.17) is 9.73 Å². The maximum absolute atomic E-state index is 10.7. The van der Waals surface area contributed by atoms with Gasteiger partial charge in [-0.1, -0.05) is 19.1 Å². The molecule has 1 heterocycles. The minimum Gasteiger partial charge on any atom is -0.383 e. The highest BCUT2D eigenvalue weighted by Gasteiger charge is 2.19. The van der Waals surface area contributed by atoms with Crippen molar-refractivity contribution in [3.8, 4) is 0 Å². The molecule has 0 saturated carbocycles. The second-order valence-electron chi connectivity index (χ2n) is 6.18. The van der Waals surface area contributed by atoms with Gasteiger partial charge in [0.05, 0.1) is 18.1 Å². The van der Waals surface area contributed by atoms with Crippen LogP contribution in [-0.4, -0.2) is 49.1 Å². The van der Waals surface area contributed by atoms with E-state index < -0.39 is 0 Å². The van der Waals surface area contributed by atoms with Crippen LogP contribution < -0.4 is 5.32 Å². The van der Waals surface area contributed by atoms with Crippen LogP contribution in [-0.2, 0) is 11.3 Å². The summed E-state index contributed by atoms with van der Waals surface area (Å²) in [5.74, 6) is 1.55. The molecule has 2 rings (SSSR count). The monoisotopic (exact) mass is 462 g/mol. The number of ether oxygens (including phenoxy) is 1. The van der Waals surface area contributed by atoms with E-state index in [0.717, 1.165) is 24.6 Å². The molecule has 1 aromatic carbocycles. The van der Waals surface area contributed by atoms with E-state index in [2.05, 4.69) is 17.1 Å². The van der Waals surface area contributed by atoms with Crippen LogP contribution in [0.3, 0.4) is 0 Å². The van der Waals surface area contributed by atoms with E-state index in [0.29, 0.717) is 25.6 Å². The zero-order chi connectivity index (χ0) is 17.4. The van der Waals surface area contributed by atoms with Crippen LogP contribution in [0.4, 0.5) is 5.69 Å². The van der Waals surface area contributed by atoms with Gasteiger partial charge in [0.2, 0.25) is 0 Å². The summed E-state index contributed by atoms with van der Waals surface area (Å²) in [5, 5.41) is 14.1. The molecule has 0 aromatic heterocycles. The second kappa shape index (κ2) is 11.2. The lowest BCUT2D eigenvalue weighted by atomic mass is 10.0. The number of likely N-dealkylation sites (tertiary alicyclic amines) is 1. The third-order valence-electron chi connectivity index (χ3n) is 4.10. The predicted octanol–water partition coefficient (Wildman–Crippen LogP) is 3.04. The van der Waals surface area contributed by atoms with Gasteiger partial charge in [-0.05, 0) is 24.3 Å². The van der Waals surface area contributed by atoms with Crippen molar-refractivity contribution in [2.24, 2.45) is 10.9 Å². The minimum absolute atomic E-state index is 0. The van der Waals surface area contributed by atoms with Crippen molar-refractivity contribution in [1.29, 1.82) is 0 Å². The van der Waals surface area contributed by atoms with Gasteiger partial charge >= 0.3 is 0 Å². The molecule has 1 aliphatic rings. The smallest absolute Gasteiger partial charge is 0.269 e. The number of nitrogens with zero attached hydrogens (tertiary/aromatic N) is 3. The SMILES string of the molecule is COCCNC(=NCc1ccc([N+](=O)[O-])cc1)N1CCCC(C)C1.I. The zero-order valence-electron chi connectivity index (χ0n) is 14.8. The Labute approximate surface area is 166 Å². The van der Waals surface area contributed by atoms with Gasteiger partial charge in [0.1, 0.15) is 0 Å². The van der Waals surface area contributed by atoms with E-state index in [-0.39, 0.29) is 34.6 Å². The van der Waals surface area contributed by atoms with E-state index in [1.165, 1.54) is 25.0 Å². The summed E-state index contributed by atoms with van der Waals surface area (Å²) in [7, 11) is 1.68. The number of benzene rings is 1. The number of rotatable bonds is 6. The summed E-state index contributed by atoms with van der Waals surface area (Å²) >= 11 is 0. The fourth-order valence-electron chi connectivity index (χ4n) is 2.80. The van der Waals surface area contributed by atoms with Crippen LogP contribution in [0.15, 0.2) is 29.3 Å². The number of methoxy groups -OCH3 is 1. The van der Waals surface area contributed by atoms with E-state index in [1.54, 1.807) is 19.2 Å². The number of non-ortho nitro benzene ring substituents is 1. The number of hydrogen-bond donors (Lipinski definition) is 1. The molecule has 7 nitrogen and oxygen atoms in total. The van der Waals surface area contributed by atoms with Crippen molar-refractivity contribution in [2.45, 2.75) is 26.3 Å². The molecule has 1 N–H and O–H groups in total. The summed E-state index contributed by atoms with van der Waals surface area (Å²) in [6, 6.07) is 6.55. The van der Waals surface area contributed by atoms with Crippen LogP contribution in [0.25, 0.3) is 0 Å². The van der Waals surface area contributed by atoms with Gasteiger partial charge in [0.15, 0.2) is 5.96 Å². The Bertz CT molecular complexity index is 566. The highest BCUT2D eigenvalue weighted by Crippen LogP contribution is 2.16. The fraction of sp³-hybridized carbons (Fsp3) is 0.588. The summed E-state index contributed by atoms with van der Waals surface area (Å²) in [6.07, 6.45) is 2.42. The molecule has 0 radical (unpaired) electrons. The van der Waals surface area contributed by atoms with Gasteiger partial charge in [0, 0.05) is 38.9 Å². The molecule has 8 heteroatoms. The topological polar surface area (TPSA) is 80.0 Å². The Morgan fingerprint density at radius 1 is 1.44 bits per heavy atom. The molecule has 1 atom stereocenters. The largest absolute Gasteiger partial charge is 0.383 e. The third kappa shape index (κ3) is 7.15. The van der Waals surface area contributed by atoms with Crippen molar-refractivity contribution >= 4 is 35.6 Å². The summed E-state index contributed by atoms with van der Waals surface area (Å²) < 4.78 is 5.10. The molecule has 140 valence electrons. The molecule has 1 unspecified atom stereocenters. The lowest BCUT2D eigenvalue weighted by molar-refractivity contribution is -0.384. The van der Waals surface area contributed by atoms with Crippen molar-refractivity contribution < 1.29 is 9.66 Å². The first kappa shape index (κ1) is 21.6. The predicted molar refractivity (Wildman–Crippen MR) is 110 cm³/mol. The van der Waals surface area contributed by atoms with Gasteiger partial charge < -0.3 is 15.0 Å². The Kier molecular flexibility index (Phi) is 9.73. The van der Waals surface area contributed by atoms with Gasteiger partial charge in [-0.3, -0.25) is 10.1 Å². The molecular weight excluding hydrogens is 435 g/mol.